The van der Waals surface area contributed by atoms with Crippen molar-refractivity contribution in [2.24, 2.45) is 0 Å². The van der Waals surface area contributed by atoms with Crippen molar-refractivity contribution >= 4 is 46.6 Å². The van der Waals surface area contributed by atoms with Gasteiger partial charge < -0.3 is 24.6 Å². The first-order valence-electron chi connectivity index (χ1n) is 15.6. The van der Waals surface area contributed by atoms with Gasteiger partial charge in [0.25, 0.3) is 0 Å². The number of amides is 1. The summed E-state index contributed by atoms with van der Waals surface area (Å²) in [6, 6.07) is 19.2. The Morgan fingerprint density at radius 1 is 0.854 bits per heavy atom. The molecule has 0 bridgehead atoms. The molecule has 48 heavy (non-hydrogen) atoms. The van der Waals surface area contributed by atoms with Gasteiger partial charge >= 0.3 is 24.1 Å². The Kier molecular flexibility index (Phi) is 9.60. The number of carboxylic acid groups (broad SMARTS) is 1. The number of nitrogens with one attached hydrogen (secondary N) is 1. The van der Waals surface area contributed by atoms with E-state index in [0.717, 1.165) is 22.3 Å². The van der Waals surface area contributed by atoms with Crippen molar-refractivity contribution < 1.29 is 38.5 Å². The third-order valence-electron chi connectivity index (χ3n) is 7.80. The molecule has 1 heterocycles. The van der Waals surface area contributed by atoms with E-state index in [4.69, 9.17) is 25.8 Å². The number of fused-ring (bicyclic) bond motifs is 4. The lowest BCUT2D eigenvalue weighted by atomic mass is 9.98. The standard InChI is InChI=1S/C37H39ClN2O8/c1-36(2,3)47-31(41)19-30-26(25-16-11-17-28(38)32(25)40(30)35(45)48-37(4,5)6)18-29(33(42)43)39-34(44)46-20-27-23-14-9-7-12-21(23)22-13-8-10-15-24(22)27/h7-17,27,29H,18-20H2,1-6H3,(H,39,44)(H,42,43)/t29-/m1/s1. The van der Waals surface area contributed by atoms with Gasteiger partial charge in [0.15, 0.2) is 0 Å². The number of carboxylic acids is 1. The van der Waals surface area contributed by atoms with Gasteiger partial charge in [-0.2, -0.15) is 0 Å². The van der Waals surface area contributed by atoms with Crippen LogP contribution in [-0.4, -0.2) is 57.6 Å². The number of hydrogen-bond acceptors (Lipinski definition) is 7. The second-order valence-electron chi connectivity index (χ2n) is 13.7. The topological polar surface area (TPSA) is 133 Å². The average molecular weight is 675 g/mol. The van der Waals surface area contributed by atoms with E-state index in [1.807, 2.05) is 48.5 Å². The third kappa shape index (κ3) is 7.49. The molecule has 1 aliphatic rings. The van der Waals surface area contributed by atoms with E-state index >= 15 is 0 Å². The highest BCUT2D eigenvalue weighted by molar-refractivity contribution is 6.35. The van der Waals surface area contributed by atoms with Crippen LogP contribution >= 0.6 is 11.6 Å². The number of esters is 1. The molecular formula is C37H39ClN2O8. The highest BCUT2D eigenvalue weighted by Crippen LogP contribution is 2.44. The second kappa shape index (κ2) is 13.4. The minimum atomic E-state index is -1.49. The first kappa shape index (κ1) is 34.5. The Bertz CT molecular complexity index is 1850. The molecule has 0 spiro atoms. The molecule has 2 N–H and O–H groups in total. The summed E-state index contributed by atoms with van der Waals surface area (Å²) < 4.78 is 18.1. The fourth-order valence-corrected chi connectivity index (χ4v) is 6.29. The molecular weight excluding hydrogens is 636 g/mol. The van der Waals surface area contributed by atoms with Crippen LogP contribution in [0.3, 0.4) is 0 Å². The smallest absolute Gasteiger partial charge is 0.419 e. The molecule has 4 aromatic rings. The molecule has 1 aliphatic carbocycles. The van der Waals surface area contributed by atoms with Crippen LogP contribution in [0.1, 0.15) is 69.8 Å². The van der Waals surface area contributed by atoms with E-state index < -0.39 is 47.8 Å². The van der Waals surface area contributed by atoms with Gasteiger partial charge in [-0.05, 0) is 75.4 Å². The van der Waals surface area contributed by atoms with Gasteiger partial charge in [-0.3, -0.25) is 4.79 Å². The number of aliphatic carboxylic acids is 1. The number of benzene rings is 3. The summed E-state index contributed by atoms with van der Waals surface area (Å²) >= 11 is 6.61. The Morgan fingerprint density at radius 2 is 1.44 bits per heavy atom. The van der Waals surface area contributed by atoms with Crippen LogP contribution in [0.5, 0.6) is 0 Å². The van der Waals surface area contributed by atoms with E-state index in [2.05, 4.69) is 5.32 Å². The molecule has 0 unspecified atom stereocenters. The monoisotopic (exact) mass is 674 g/mol. The number of ether oxygens (including phenoxy) is 3. The molecule has 0 fully saturated rings. The second-order valence-corrected chi connectivity index (χ2v) is 14.1. The number of carbonyl (C=O) groups is 4. The summed E-state index contributed by atoms with van der Waals surface area (Å²) in [5.74, 6) is -2.21. The number of halogens is 1. The van der Waals surface area contributed by atoms with E-state index in [-0.39, 0.29) is 35.2 Å². The minimum Gasteiger partial charge on any atom is -0.480 e. The van der Waals surface area contributed by atoms with Crippen LogP contribution in [0.25, 0.3) is 22.0 Å². The van der Waals surface area contributed by atoms with Crippen LogP contribution < -0.4 is 5.32 Å². The normalized spacial score (nSPS) is 13.4. The van der Waals surface area contributed by atoms with Crippen LogP contribution in [0.15, 0.2) is 66.7 Å². The Hall–Kier alpha value is -4.83. The van der Waals surface area contributed by atoms with Crippen LogP contribution in [0.4, 0.5) is 9.59 Å². The summed E-state index contributed by atoms with van der Waals surface area (Å²) in [7, 11) is 0. The average Bonchev–Trinajstić information content (AvgIpc) is 3.47. The molecule has 1 atom stereocenters. The van der Waals surface area contributed by atoms with Gasteiger partial charge in [0.1, 0.15) is 23.9 Å². The zero-order valence-electron chi connectivity index (χ0n) is 27.8. The number of carbonyl (C=O) groups excluding carboxylic acids is 3. The van der Waals surface area contributed by atoms with Gasteiger partial charge in [0, 0.05) is 23.4 Å². The van der Waals surface area contributed by atoms with Crippen molar-refractivity contribution in [3.8, 4) is 11.1 Å². The fourth-order valence-electron chi connectivity index (χ4n) is 6.03. The largest absolute Gasteiger partial charge is 0.480 e. The van der Waals surface area contributed by atoms with E-state index in [1.165, 1.54) is 4.57 Å². The van der Waals surface area contributed by atoms with Gasteiger partial charge in [-0.15, -0.1) is 0 Å². The van der Waals surface area contributed by atoms with Gasteiger partial charge in [0.05, 0.1) is 17.0 Å². The molecule has 1 amide bonds. The Labute approximate surface area is 283 Å². The maximum atomic E-state index is 13.6. The van der Waals surface area contributed by atoms with Crippen LogP contribution in [0, 0.1) is 0 Å². The molecule has 11 heteroatoms. The molecule has 252 valence electrons. The summed E-state index contributed by atoms with van der Waals surface area (Å²) in [5, 5.41) is 13.3. The summed E-state index contributed by atoms with van der Waals surface area (Å²) in [4.78, 5) is 52.6. The van der Waals surface area contributed by atoms with Gasteiger partial charge in [-0.1, -0.05) is 72.3 Å². The van der Waals surface area contributed by atoms with Crippen LogP contribution in [-0.2, 0) is 36.6 Å². The highest BCUT2D eigenvalue weighted by atomic mass is 35.5. The first-order chi connectivity index (χ1) is 22.5. The fraction of sp³-hybridized carbons (Fsp3) is 0.351. The molecule has 3 aromatic carbocycles. The molecule has 1 aromatic heterocycles. The van der Waals surface area contributed by atoms with Crippen molar-refractivity contribution in [3.05, 3.63) is 94.1 Å². The first-order valence-corrected chi connectivity index (χ1v) is 16.0. The Balaban J connectivity index is 1.46. The molecule has 0 radical (unpaired) electrons. The number of para-hydroxylation sites is 1. The lowest BCUT2D eigenvalue weighted by molar-refractivity contribution is -0.154. The predicted molar refractivity (Wildman–Crippen MR) is 181 cm³/mol. The molecule has 10 nitrogen and oxygen atoms in total. The van der Waals surface area contributed by atoms with Gasteiger partial charge in [-0.25, -0.2) is 19.0 Å². The highest BCUT2D eigenvalue weighted by Gasteiger charge is 2.33. The number of hydrogen-bond donors (Lipinski definition) is 2. The molecule has 0 aliphatic heterocycles. The number of aromatic nitrogens is 1. The van der Waals surface area contributed by atoms with Crippen molar-refractivity contribution in [3.63, 3.8) is 0 Å². The van der Waals surface area contributed by atoms with Crippen molar-refractivity contribution in [2.45, 2.75) is 77.5 Å². The summed E-state index contributed by atoms with van der Waals surface area (Å²) in [5.41, 5.74) is 3.12. The van der Waals surface area contributed by atoms with Crippen molar-refractivity contribution in [1.82, 2.24) is 9.88 Å². The van der Waals surface area contributed by atoms with Crippen molar-refractivity contribution in [1.29, 1.82) is 0 Å². The Morgan fingerprint density at radius 3 is 2.00 bits per heavy atom. The minimum absolute atomic E-state index is 0.0103. The zero-order chi connectivity index (χ0) is 35.0. The number of alkyl carbamates (subject to hydrolysis) is 1. The third-order valence-corrected chi connectivity index (χ3v) is 8.11. The van der Waals surface area contributed by atoms with Crippen LogP contribution in [0.2, 0.25) is 5.02 Å². The van der Waals surface area contributed by atoms with E-state index in [9.17, 15) is 24.3 Å². The lowest BCUT2D eigenvalue weighted by Crippen LogP contribution is -2.43. The quantitative estimate of drug-likeness (QED) is 0.145. The number of rotatable bonds is 8. The maximum Gasteiger partial charge on any atom is 0.419 e. The van der Waals surface area contributed by atoms with Gasteiger partial charge in [0.2, 0.25) is 0 Å². The SMILES string of the molecule is CC(C)(C)OC(=O)Cc1c(C[C@@H](NC(=O)OCC2c3ccccc3-c3ccccc32)C(=O)O)c2cccc(Cl)c2n1C(=O)OC(C)(C)C. The maximum absolute atomic E-state index is 13.6. The van der Waals surface area contributed by atoms with E-state index in [1.54, 1.807) is 59.7 Å². The summed E-state index contributed by atoms with van der Waals surface area (Å²) in [6.07, 6.45) is -2.42. The van der Waals surface area contributed by atoms with E-state index in [0.29, 0.717) is 10.9 Å². The lowest BCUT2D eigenvalue weighted by Gasteiger charge is -2.23. The van der Waals surface area contributed by atoms with Crippen molar-refractivity contribution in [2.75, 3.05) is 6.61 Å². The molecule has 5 rings (SSSR count). The summed E-state index contributed by atoms with van der Waals surface area (Å²) in [6.45, 7) is 10.2. The molecule has 0 saturated heterocycles. The molecule has 0 saturated carbocycles. The number of nitrogens with zero attached hydrogens (tertiary/aromatic N) is 1. The zero-order valence-corrected chi connectivity index (χ0v) is 28.5. The predicted octanol–water partition coefficient (Wildman–Crippen LogP) is 7.50.